The van der Waals surface area contributed by atoms with E-state index in [1.54, 1.807) is 13.8 Å². The molecule has 0 bridgehead atoms. The monoisotopic (exact) mass is 348 g/mol. The third-order valence-corrected chi connectivity index (χ3v) is 3.69. The van der Waals surface area contributed by atoms with Gasteiger partial charge in [0.05, 0.1) is 11.4 Å². The van der Waals surface area contributed by atoms with Crippen molar-refractivity contribution in [2.24, 2.45) is 0 Å². The third-order valence-electron chi connectivity index (χ3n) is 3.46. The summed E-state index contributed by atoms with van der Waals surface area (Å²) in [7, 11) is 0. The molecular formula is C15H10ClFN4O3. The first-order chi connectivity index (χ1) is 11.3. The van der Waals surface area contributed by atoms with Gasteiger partial charge in [-0.2, -0.15) is 5.10 Å². The molecule has 24 heavy (non-hydrogen) atoms. The molecule has 0 saturated heterocycles. The molecule has 2 aromatic heterocycles. The lowest BCUT2D eigenvalue weighted by Crippen LogP contribution is -2.24. The predicted molar refractivity (Wildman–Crippen MR) is 84.3 cm³/mol. The van der Waals surface area contributed by atoms with Crippen molar-refractivity contribution in [3.05, 3.63) is 56.3 Å². The second-order valence-electron chi connectivity index (χ2n) is 5.06. The Morgan fingerprint density at radius 2 is 1.92 bits per heavy atom. The zero-order valence-corrected chi connectivity index (χ0v) is 13.3. The zero-order valence-electron chi connectivity index (χ0n) is 12.5. The molecule has 2 heterocycles. The highest BCUT2D eigenvalue weighted by molar-refractivity contribution is 6.30. The molecule has 1 aromatic carbocycles. The van der Waals surface area contributed by atoms with Crippen molar-refractivity contribution in [3.63, 3.8) is 0 Å². The van der Waals surface area contributed by atoms with E-state index >= 15 is 0 Å². The molecule has 0 spiro atoms. The Hall–Kier alpha value is -2.87. The summed E-state index contributed by atoms with van der Waals surface area (Å²) in [6.45, 7) is 3.30. The first kappa shape index (κ1) is 16.0. The van der Waals surface area contributed by atoms with Gasteiger partial charge in [0.25, 0.3) is 0 Å². The van der Waals surface area contributed by atoms with Gasteiger partial charge in [0.2, 0.25) is 11.1 Å². The quantitative estimate of drug-likeness (QED) is 0.763. The van der Waals surface area contributed by atoms with Gasteiger partial charge in [-0.3, -0.25) is 4.79 Å². The lowest BCUT2D eigenvalue weighted by atomic mass is 10.2. The van der Waals surface area contributed by atoms with Gasteiger partial charge in [0.15, 0.2) is 11.2 Å². The molecule has 0 aliphatic heterocycles. The highest BCUT2D eigenvalue weighted by Gasteiger charge is 2.21. The summed E-state index contributed by atoms with van der Waals surface area (Å²) in [5, 5.41) is 13.1. The van der Waals surface area contributed by atoms with Crippen LogP contribution in [0.3, 0.4) is 0 Å². The Morgan fingerprint density at radius 3 is 2.54 bits per heavy atom. The Balaban J connectivity index is 2.50. The van der Waals surface area contributed by atoms with E-state index in [9.17, 15) is 19.1 Å². The average molecular weight is 349 g/mol. The molecule has 3 aromatic rings. The van der Waals surface area contributed by atoms with Crippen LogP contribution in [0, 0.1) is 19.7 Å². The normalized spacial score (nSPS) is 11.0. The Bertz CT molecular complexity index is 1060. The van der Waals surface area contributed by atoms with Crippen molar-refractivity contribution in [3.8, 4) is 5.69 Å². The van der Waals surface area contributed by atoms with Crippen LogP contribution in [0.15, 0.2) is 23.0 Å². The molecule has 1 N–H and O–H groups in total. The summed E-state index contributed by atoms with van der Waals surface area (Å²) in [4.78, 5) is 31.9. The minimum absolute atomic E-state index is 0.0330. The highest BCUT2D eigenvalue weighted by atomic mass is 35.5. The number of hydrogen-bond acceptors (Lipinski definition) is 5. The molecule has 0 aliphatic rings. The van der Waals surface area contributed by atoms with Crippen LogP contribution in [0.1, 0.15) is 21.9 Å². The second-order valence-corrected chi connectivity index (χ2v) is 5.49. The number of carboxylic acid groups (broad SMARTS) is 1. The molecule has 0 unspecified atom stereocenters. The molecule has 0 amide bonds. The van der Waals surface area contributed by atoms with Crippen LogP contribution in [0.4, 0.5) is 4.39 Å². The zero-order chi connectivity index (χ0) is 17.6. The molecule has 0 atom stereocenters. The number of aromatic nitrogens is 4. The maximum atomic E-state index is 14.3. The molecule has 0 aliphatic carbocycles. The number of hydrogen-bond donors (Lipinski definition) is 1. The molecule has 9 heteroatoms. The van der Waals surface area contributed by atoms with E-state index in [-0.39, 0.29) is 21.9 Å². The summed E-state index contributed by atoms with van der Waals surface area (Å²) < 4.78 is 15.2. The fourth-order valence-corrected chi connectivity index (χ4v) is 2.32. The summed E-state index contributed by atoms with van der Waals surface area (Å²) in [5.74, 6) is -2.28. The molecule has 7 nitrogen and oxygen atoms in total. The molecule has 0 radical (unpaired) electrons. The molecular weight excluding hydrogens is 339 g/mol. The Labute approximate surface area is 139 Å². The van der Waals surface area contributed by atoms with Crippen molar-refractivity contribution in [2.45, 2.75) is 13.8 Å². The Morgan fingerprint density at radius 1 is 1.25 bits per heavy atom. The van der Waals surface area contributed by atoms with Gasteiger partial charge in [-0.15, -0.1) is 0 Å². The topological polar surface area (TPSA) is 98.0 Å². The van der Waals surface area contributed by atoms with Crippen molar-refractivity contribution >= 4 is 28.7 Å². The van der Waals surface area contributed by atoms with Crippen LogP contribution >= 0.6 is 11.6 Å². The first-order valence-electron chi connectivity index (χ1n) is 6.76. The number of aryl methyl sites for hydroxylation is 2. The van der Waals surface area contributed by atoms with E-state index in [1.165, 1.54) is 12.1 Å². The summed E-state index contributed by atoms with van der Waals surface area (Å²) in [6, 6.07) is 3.79. The Kier molecular flexibility index (Phi) is 3.76. The fourth-order valence-electron chi connectivity index (χ4n) is 2.16. The lowest BCUT2D eigenvalue weighted by Gasteiger charge is -2.12. The van der Waals surface area contributed by atoms with Gasteiger partial charge in [-0.25, -0.2) is 23.8 Å². The standard InChI is InChI=1S/C15H10ClFN4O3/c1-6-7(2)19-14-11(18-6)13(22)12(15(23)24)20-21(14)10-4-3-8(16)5-9(10)17/h3-5H,1-2H3,(H,23,24). The van der Waals surface area contributed by atoms with Crippen molar-refractivity contribution in [1.29, 1.82) is 0 Å². The number of nitrogens with zero attached hydrogens (tertiary/aromatic N) is 4. The van der Waals surface area contributed by atoms with Gasteiger partial charge in [0, 0.05) is 5.02 Å². The first-order valence-corrected chi connectivity index (χ1v) is 7.14. The predicted octanol–water partition coefficient (Wildman–Crippen LogP) is 2.28. The molecule has 0 saturated carbocycles. The number of aromatic carboxylic acids is 1. The van der Waals surface area contributed by atoms with E-state index in [4.69, 9.17) is 11.6 Å². The number of benzene rings is 1. The van der Waals surface area contributed by atoms with Gasteiger partial charge < -0.3 is 5.11 Å². The third kappa shape index (κ3) is 2.50. The van der Waals surface area contributed by atoms with Gasteiger partial charge in [-0.1, -0.05) is 11.6 Å². The van der Waals surface area contributed by atoms with Crippen LogP contribution in [-0.2, 0) is 0 Å². The van der Waals surface area contributed by atoms with Crippen molar-refractivity contribution in [1.82, 2.24) is 19.7 Å². The van der Waals surface area contributed by atoms with Crippen LogP contribution in [-0.4, -0.2) is 30.8 Å². The summed E-state index contributed by atoms with van der Waals surface area (Å²) in [5.41, 5.74) is -0.994. The summed E-state index contributed by atoms with van der Waals surface area (Å²) >= 11 is 5.73. The second kappa shape index (κ2) is 5.64. The van der Waals surface area contributed by atoms with Gasteiger partial charge in [-0.05, 0) is 32.0 Å². The molecule has 0 fully saturated rings. The van der Waals surface area contributed by atoms with Crippen LogP contribution in [0.2, 0.25) is 5.02 Å². The van der Waals surface area contributed by atoms with Gasteiger partial charge in [0.1, 0.15) is 11.5 Å². The van der Waals surface area contributed by atoms with E-state index in [2.05, 4.69) is 15.1 Å². The number of halogens is 2. The summed E-state index contributed by atoms with van der Waals surface area (Å²) in [6.07, 6.45) is 0. The number of fused-ring (bicyclic) bond motifs is 1. The molecule has 122 valence electrons. The minimum atomic E-state index is -1.54. The van der Waals surface area contributed by atoms with Gasteiger partial charge >= 0.3 is 5.97 Å². The maximum Gasteiger partial charge on any atom is 0.360 e. The fraction of sp³-hybridized carbons (Fsp3) is 0.133. The number of carbonyl (C=O) groups is 1. The van der Waals surface area contributed by atoms with Crippen LogP contribution in [0.5, 0.6) is 0 Å². The number of carboxylic acids is 1. The molecule has 3 rings (SSSR count). The SMILES string of the molecule is Cc1nc2c(=O)c(C(=O)O)nn(-c3ccc(Cl)cc3F)c2nc1C. The lowest BCUT2D eigenvalue weighted by molar-refractivity contribution is 0.0687. The highest BCUT2D eigenvalue weighted by Crippen LogP contribution is 2.20. The average Bonchev–Trinajstić information content (AvgIpc) is 2.50. The van der Waals surface area contributed by atoms with Crippen molar-refractivity contribution in [2.75, 3.05) is 0 Å². The number of rotatable bonds is 2. The van der Waals surface area contributed by atoms with Crippen LogP contribution < -0.4 is 5.43 Å². The van der Waals surface area contributed by atoms with E-state index in [1.807, 2.05) is 0 Å². The largest absolute Gasteiger partial charge is 0.476 e. The van der Waals surface area contributed by atoms with E-state index < -0.39 is 22.9 Å². The van der Waals surface area contributed by atoms with E-state index in [0.717, 1.165) is 10.7 Å². The van der Waals surface area contributed by atoms with Crippen molar-refractivity contribution < 1.29 is 14.3 Å². The minimum Gasteiger partial charge on any atom is -0.476 e. The smallest absolute Gasteiger partial charge is 0.360 e. The van der Waals surface area contributed by atoms with E-state index in [0.29, 0.717) is 11.4 Å². The maximum absolute atomic E-state index is 14.3. The van der Waals surface area contributed by atoms with Crippen LogP contribution in [0.25, 0.3) is 16.9 Å².